The van der Waals surface area contributed by atoms with Gasteiger partial charge in [-0.2, -0.15) is 0 Å². The van der Waals surface area contributed by atoms with Crippen LogP contribution in [-0.4, -0.2) is 11.1 Å². The number of benzene rings is 2. The van der Waals surface area contributed by atoms with E-state index in [1.807, 2.05) is 38.1 Å². The third-order valence-electron chi connectivity index (χ3n) is 3.68. The molecule has 0 heterocycles. The molecule has 1 unspecified atom stereocenters. The van der Waals surface area contributed by atoms with Crippen molar-refractivity contribution in [3.63, 3.8) is 0 Å². The van der Waals surface area contributed by atoms with Crippen LogP contribution >= 0.6 is 0 Å². The van der Waals surface area contributed by atoms with Crippen molar-refractivity contribution in [1.82, 2.24) is 0 Å². The molecule has 0 radical (unpaired) electrons. The van der Waals surface area contributed by atoms with E-state index in [9.17, 15) is 14.3 Å². The largest absolute Gasteiger partial charge is 0.481 e. The molecule has 0 saturated heterocycles. The zero-order valence-electron chi connectivity index (χ0n) is 12.3. The number of carboxylic acid groups (broad SMARTS) is 1. The van der Waals surface area contributed by atoms with Crippen LogP contribution in [0, 0.1) is 25.6 Å². The van der Waals surface area contributed by atoms with Crippen LogP contribution < -0.4 is 0 Å². The summed E-state index contributed by atoms with van der Waals surface area (Å²) in [6, 6.07) is 12.4. The number of halogens is 1. The highest BCUT2D eigenvalue weighted by Crippen LogP contribution is 2.19. The SMILES string of the molecule is Cc1cccc(CC(Cc2ccc(F)cc2C)C(=O)O)c1. The number of carbonyl (C=O) groups is 1. The summed E-state index contributed by atoms with van der Waals surface area (Å²) in [4.78, 5) is 11.5. The van der Waals surface area contributed by atoms with Crippen molar-refractivity contribution in [3.05, 3.63) is 70.5 Å². The molecule has 0 aliphatic carbocycles. The second-order valence-corrected chi connectivity index (χ2v) is 5.50. The number of rotatable bonds is 5. The third-order valence-corrected chi connectivity index (χ3v) is 3.68. The highest BCUT2D eigenvalue weighted by molar-refractivity contribution is 5.71. The average Bonchev–Trinajstić information content (AvgIpc) is 2.40. The van der Waals surface area contributed by atoms with E-state index >= 15 is 0 Å². The number of aryl methyl sites for hydroxylation is 2. The highest BCUT2D eigenvalue weighted by atomic mass is 19.1. The third kappa shape index (κ3) is 4.15. The molecule has 1 N–H and O–H groups in total. The van der Waals surface area contributed by atoms with E-state index in [1.54, 1.807) is 6.07 Å². The van der Waals surface area contributed by atoms with E-state index in [1.165, 1.54) is 12.1 Å². The molecule has 110 valence electrons. The summed E-state index contributed by atoms with van der Waals surface area (Å²) in [5.41, 5.74) is 3.82. The molecule has 2 nitrogen and oxygen atoms in total. The maximum absolute atomic E-state index is 13.1. The minimum absolute atomic E-state index is 0.290. The zero-order chi connectivity index (χ0) is 15.4. The van der Waals surface area contributed by atoms with Gasteiger partial charge in [0.15, 0.2) is 0 Å². The van der Waals surface area contributed by atoms with Crippen molar-refractivity contribution >= 4 is 5.97 Å². The molecule has 0 fully saturated rings. The van der Waals surface area contributed by atoms with Gasteiger partial charge in [0.1, 0.15) is 5.82 Å². The molecular weight excluding hydrogens is 267 g/mol. The van der Waals surface area contributed by atoms with Gasteiger partial charge < -0.3 is 5.11 Å². The van der Waals surface area contributed by atoms with E-state index in [-0.39, 0.29) is 5.82 Å². The lowest BCUT2D eigenvalue weighted by Crippen LogP contribution is -2.19. The van der Waals surface area contributed by atoms with Crippen LogP contribution in [0.1, 0.15) is 22.3 Å². The Morgan fingerprint density at radius 2 is 1.90 bits per heavy atom. The first-order valence-corrected chi connectivity index (χ1v) is 6.99. The van der Waals surface area contributed by atoms with Crippen molar-refractivity contribution in [2.24, 2.45) is 5.92 Å². The van der Waals surface area contributed by atoms with Crippen molar-refractivity contribution < 1.29 is 14.3 Å². The number of carboxylic acids is 1. The Labute approximate surface area is 124 Å². The van der Waals surface area contributed by atoms with Gasteiger partial charge in [-0.15, -0.1) is 0 Å². The summed E-state index contributed by atoms with van der Waals surface area (Å²) < 4.78 is 13.1. The van der Waals surface area contributed by atoms with Crippen molar-refractivity contribution in [2.45, 2.75) is 26.7 Å². The molecule has 3 heteroatoms. The fraction of sp³-hybridized carbons (Fsp3) is 0.278. The number of aliphatic carboxylic acids is 1. The first-order chi connectivity index (χ1) is 9.95. The van der Waals surface area contributed by atoms with Crippen LogP contribution in [0.2, 0.25) is 0 Å². The van der Waals surface area contributed by atoms with Gasteiger partial charge in [0, 0.05) is 0 Å². The standard InChI is InChI=1S/C18H19FO2/c1-12-4-3-5-14(8-12)10-16(18(20)21)11-15-6-7-17(19)9-13(15)2/h3-9,16H,10-11H2,1-2H3,(H,20,21). The van der Waals surface area contributed by atoms with E-state index in [4.69, 9.17) is 0 Å². The van der Waals surface area contributed by atoms with Crippen LogP contribution in [-0.2, 0) is 17.6 Å². The molecule has 2 aromatic carbocycles. The second-order valence-electron chi connectivity index (χ2n) is 5.50. The van der Waals surface area contributed by atoms with Crippen molar-refractivity contribution in [1.29, 1.82) is 0 Å². The quantitative estimate of drug-likeness (QED) is 0.904. The molecule has 1 atom stereocenters. The summed E-state index contributed by atoms with van der Waals surface area (Å²) in [6.07, 6.45) is 0.892. The molecule has 0 aliphatic heterocycles. The molecule has 0 aromatic heterocycles. The van der Waals surface area contributed by atoms with Gasteiger partial charge in [-0.05, 0) is 55.5 Å². The van der Waals surface area contributed by atoms with Gasteiger partial charge in [-0.25, -0.2) is 4.39 Å². The number of hydrogen-bond acceptors (Lipinski definition) is 1. The molecule has 21 heavy (non-hydrogen) atoms. The molecule has 0 saturated carbocycles. The average molecular weight is 286 g/mol. The fourth-order valence-corrected chi connectivity index (χ4v) is 2.52. The highest BCUT2D eigenvalue weighted by Gasteiger charge is 2.19. The van der Waals surface area contributed by atoms with Gasteiger partial charge in [0.25, 0.3) is 0 Å². The lowest BCUT2D eigenvalue weighted by atomic mass is 9.90. The Morgan fingerprint density at radius 1 is 1.14 bits per heavy atom. The lowest BCUT2D eigenvalue weighted by Gasteiger charge is -2.14. The molecule has 0 bridgehead atoms. The van der Waals surface area contributed by atoms with Crippen LogP contribution in [0.25, 0.3) is 0 Å². The van der Waals surface area contributed by atoms with Crippen LogP contribution in [0.3, 0.4) is 0 Å². The zero-order valence-corrected chi connectivity index (χ0v) is 12.3. The predicted octanol–water partition coefficient (Wildman–Crippen LogP) is 3.93. The van der Waals surface area contributed by atoms with Gasteiger partial charge in [-0.3, -0.25) is 4.79 Å². The molecule has 0 aliphatic rings. The fourth-order valence-electron chi connectivity index (χ4n) is 2.52. The summed E-state index contributed by atoms with van der Waals surface area (Å²) in [5.74, 6) is -1.61. The second kappa shape index (κ2) is 6.53. The molecule has 2 aromatic rings. The first-order valence-electron chi connectivity index (χ1n) is 6.99. The van der Waals surface area contributed by atoms with Gasteiger partial charge in [0.05, 0.1) is 5.92 Å². The minimum atomic E-state index is -0.819. The summed E-state index contributed by atoms with van der Waals surface area (Å²) >= 11 is 0. The van der Waals surface area contributed by atoms with Crippen molar-refractivity contribution in [2.75, 3.05) is 0 Å². The molecule has 0 spiro atoms. The Balaban J connectivity index is 2.18. The molecular formula is C18H19FO2. The topological polar surface area (TPSA) is 37.3 Å². The van der Waals surface area contributed by atoms with E-state index < -0.39 is 11.9 Å². The summed E-state index contributed by atoms with van der Waals surface area (Å²) in [6.45, 7) is 3.80. The Bertz CT molecular complexity index is 649. The first kappa shape index (κ1) is 15.2. The maximum Gasteiger partial charge on any atom is 0.307 e. The van der Waals surface area contributed by atoms with E-state index in [2.05, 4.69) is 0 Å². The van der Waals surface area contributed by atoms with Crippen LogP contribution in [0.15, 0.2) is 42.5 Å². The molecule has 0 amide bonds. The van der Waals surface area contributed by atoms with Gasteiger partial charge in [0.2, 0.25) is 0 Å². The van der Waals surface area contributed by atoms with Crippen molar-refractivity contribution in [3.8, 4) is 0 Å². The lowest BCUT2D eigenvalue weighted by molar-refractivity contribution is -0.141. The smallest absolute Gasteiger partial charge is 0.307 e. The Kier molecular flexibility index (Phi) is 4.73. The monoisotopic (exact) mass is 286 g/mol. The molecule has 2 rings (SSSR count). The Morgan fingerprint density at radius 3 is 2.52 bits per heavy atom. The normalized spacial score (nSPS) is 12.1. The Hall–Kier alpha value is -2.16. The van der Waals surface area contributed by atoms with E-state index in [0.29, 0.717) is 12.8 Å². The van der Waals surface area contributed by atoms with Gasteiger partial charge >= 0.3 is 5.97 Å². The summed E-state index contributed by atoms with van der Waals surface area (Å²) in [7, 11) is 0. The predicted molar refractivity (Wildman–Crippen MR) is 80.8 cm³/mol. The summed E-state index contributed by atoms with van der Waals surface area (Å²) in [5, 5.41) is 9.44. The number of hydrogen-bond donors (Lipinski definition) is 1. The van der Waals surface area contributed by atoms with E-state index in [0.717, 1.165) is 22.3 Å². The van der Waals surface area contributed by atoms with Crippen LogP contribution in [0.5, 0.6) is 0 Å². The minimum Gasteiger partial charge on any atom is -0.481 e. The van der Waals surface area contributed by atoms with Gasteiger partial charge in [-0.1, -0.05) is 35.9 Å². The maximum atomic E-state index is 13.1. The van der Waals surface area contributed by atoms with Crippen LogP contribution in [0.4, 0.5) is 4.39 Å².